The molecule has 1 atom stereocenters. The summed E-state index contributed by atoms with van der Waals surface area (Å²) >= 11 is 0. The number of carboxylic acid groups (broad SMARTS) is 1. The summed E-state index contributed by atoms with van der Waals surface area (Å²) in [6, 6.07) is 0. The van der Waals surface area contributed by atoms with Crippen LogP contribution < -0.4 is 5.32 Å². The van der Waals surface area contributed by atoms with E-state index in [2.05, 4.69) is 15.4 Å². The van der Waals surface area contributed by atoms with Gasteiger partial charge in [0.25, 0.3) is 0 Å². The lowest BCUT2D eigenvalue weighted by molar-refractivity contribution is 0.0693. The van der Waals surface area contributed by atoms with E-state index in [4.69, 9.17) is 4.74 Å². The number of carboxylic acids is 1. The number of anilines is 1. The van der Waals surface area contributed by atoms with E-state index in [-0.39, 0.29) is 18.7 Å². The lowest BCUT2D eigenvalue weighted by Crippen LogP contribution is -2.25. The summed E-state index contributed by atoms with van der Waals surface area (Å²) in [7, 11) is 3.21. The van der Waals surface area contributed by atoms with Crippen LogP contribution in [0, 0.1) is 0 Å². The standard InChI is InChI=1S/C12H16N4O4/c1-16-11-8(5-15-16)10(9(4-14-11)12(18)19)13-3-7(17)6-20-2/h4-5,7,17H,3,6H2,1-2H3,(H,13,14)(H,18,19). The van der Waals surface area contributed by atoms with Crippen molar-refractivity contribution >= 4 is 22.7 Å². The third kappa shape index (κ3) is 2.70. The number of aromatic nitrogens is 3. The van der Waals surface area contributed by atoms with Crippen molar-refractivity contribution in [2.45, 2.75) is 6.10 Å². The van der Waals surface area contributed by atoms with Crippen molar-refractivity contribution in [1.29, 1.82) is 0 Å². The van der Waals surface area contributed by atoms with E-state index in [1.807, 2.05) is 0 Å². The normalized spacial score (nSPS) is 12.6. The van der Waals surface area contributed by atoms with Gasteiger partial charge in [0, 0.05) is 26.9 Å². The van der Waals surface area contributed by atoms with Crippen LogP contribution in [0.25, 0.3) is 11.0 Å². The molecule has 2 heterocycles. The molecule has 2 rings (SSSR count). The molecule has 0 spiro atoms. The number of nitrogens with zero attached hydrogens (tertiary/aromatic N) is 3. The minimum Gasteiger partial charge on any atom is -0.478 e. The number of ether oxygens (including phenoxy) is 1. The first-order valence-electron chi connectivity index (χ1n) is 5.99. The van der Waals surface area contributed by atoms with E-state index in [1.165, 1.54) is 13.3 Å². The average molecular weight is 280 g/mol. The fourth-order valence-electron chi connectivity index (χ4n) is 1.92. The molecule has 8 nitrogen and oxygen atoms in total. The van der Waals surface area contributed by atoms with Gasteiger partial charge in [0.05, 0.1) is 30.0 Å². The Balaban J connectivity index is 2.37. The van der Waals surface area contributed by atoms with Crippen molar-refractivity contribution in [2.24, 2.45) is 7.05 Å². The molecule has 0 aliphatic heterocycles. The molecule has 2 aromatic rings. The van der Waals surface area contributed by atoms with Crippen molar-refractivity contribution < 1.29 is 19.7 Å². The van der Waals surface area contributed by atoms with Gasteiger partial charge in [-0.3, -0.25) is 4.68 Å². The van der Waals surface area contributed by atoms with E-state index in [0.29, 0.717) is 16.7 Å². The molecule has 0 aliphatic rings. The Morgan fingerprint density at radius 3 is 2.95 bits per heavy atom. The lowest BCUT2D eigenvalue weighted by Gasteiger charge is -2.14. The van der Waals surface area contributed by atoms with Crippen LogP contribution in [-0.4, -0.2) is 57.3 Å². The van der Waals surface area contributed by atoms with Gasteiger partial charge in [-0.1, -0.05) is 0 Å². The molecule has 20 heavy (non-hydrogen) atoms. The van der Waals surface area contributed by atoms with Gasteiger partial charge >= 0.3 is 5.97 Å². The van der Waals surface area contributed by atoms with Crippen molar-refractivity contribution in [1.82, 2.24) is 14.8 Å². The number of rotatable bonds is 6. The molecular weight excluding hydrogens is 264 g/mol. The Morgan fingerprint density at radius 2 is 2.30 bits per heavy atom. The minimum atomic E-state index is -1.09. The Labute approximate surface area is 115 Å². The van der Waals surface area contributed by atoms with Crippen LogP contribution in [0.2, 0.25) is 0 Å². The van der Waals surface area contributed by atoms with Gasteiger partial charge < -0.3 is 20.3 Å². The molecule has 0 amide bonds. The van der Waals surface area contributed by atoms with Gasteiger partial charge in [-0.05, 0) is 0 Å². The smallest absolute Gasteiger partial charge is 0.339 e. The molecule has 8 heteroatoms. The van der Waals surface area contributed by atoms with Crippen LogP contribution in [0.1, 0.15) is 10.4 Å². The van der Waals surface area contributed by atoms with Crippen molar-refractivity contribution in [3.63, 3.8) is 0 Å². The number of hydrogen-bond donors (Lipinski definition) is 3. The third-order valence-corrected chi connectivity index (χ3v) is 2.87. The second-order valence-corrected chi connectivity index (χ2v) is 4.35. The highest BCUT2D eigenvalue weighted by atomic mass is 16.5. The Hall–Kier alpha value is -2.19. The second-order valence-electron chi connectivity index (χ2n) is 4.35. The third-order valence-electron chi connectivity index (χ3n) is 2.87. The first-order valence-corrected chi connectivity index (χ1v) is 5.99. The molecule has 1 unspecified atom stereocenters. The predicted molar refractivity (Wildman–Crippen MR) is 71.8 cm³/mol. The number of fused-ring (bicyclic) bond motifs is 1. The van der Waals surface area contributed by atoms with Gasteiger partial charge in [-0.25, -0.2) is 9.78 Å². The number of aliphatic hydroxyl groups is 1. The number of aliphatic hydroxyl groups excluding tert-OH is 1. The maximum absolute atomic E-state index is 11.2. The highest BCUT2D eigenvalue weighted by Crippen LogP contribution is 2.25. The molecule has 0 saturated heterocycles. The Kier molecular flexibility index (Phi) is 4.16. The maximum Gasteiger partial charge on any atom is 0.339 e. The van der Waals surface area contributed by atoms with Gasteiger partial charge in [0.2, 0.25) is 0 Å². The van der Waals surface area contributed by atoms with E-state index in [0.717, 1.165) is 0 Å². The van der Waals surface area contributed by atoms with Gasteiger partial charge in [0.15, 0.2) is 5.65 Å². The minimum absolute atomic E-state index is 0.0371. The molecule has 0 aromatic carbocycles. The quantitative estimate of drug-likeness (QED) is 0.687. The number of methoxy groups -OCH3 is 1. The number of nitrogens with one attached hydrogen (secondary N) is 1. The summed E-state index contributed by atoms with van der Waals surface area (Å²) < 4.78 is 6.38. The first-order chi connectivity index (χ1) is 9.54. The summed E-state index contributed by atoms with van der Waals surface area (Å²) in [5.41, 5.74) is 1.000. The predicted octanol–water partition coefficient (Wildman–Crippen LogP) is 0.0857. The van der Waals surface area contributed by atoms with Crippen molar-refractivity contribution in [3.8, 4) is 0 Å². The highest BCUT2D eigenvalue weighted by molar-refractivity contribution is 6.03. The molecular formula is C12H16N4O4. The van der Waals surface area contributed by atoms with E-state index in [1.54, 1.807) is 17.9 Å². The van der Waals surface area contributed by atoms with Crippen LogP contribution in [0.15, 0.2) is 12.4 Å². The molecule has 0 fully saturated rings. The van der Waals surface area contributed by atoms with Crippen molar-refractivity contribution in [2.75, 3.05) is 25.6 Å². The number of aryl methyl sites for hydroxylation is 1. The summed E-state index contributed by atoms with van der Waals surface area (Å²) in [5.74, 6) is -1.09. The van der Waals surface area contributed by atoms with Crippen LogP contribution in [-0.2, 0) is 11.8 Å². The fourth-order valence-corrected chi connectivity index (χ4v) is 1.92. The summed E-state index contributed by atoms with van der Waals surface area (Å²) in [5, 5.41) is 26.4. The second kappa shape index (κ2) is 5.85. The van der Waals surface area contributed by atoms with E-state index in [9.17, 15) is 15.0 Å². The van der Waals surface area contributed by atoms with Crippen LogP contribution in [0.5, 0.6) is 0 Å². The zero-order valence-corrected chi connectivity index (χ0v) is 11.2. The van der Waals surface area contributed by atoms with Crippen LogP contribution in [0.3, 0.4) is 0 Å². The van der Waals surface area contributed by atoms with Gasteiger partial charge in [0.1, 0.15) is 5.56 Å². The molecule has 0 saturated carbocycles. The molecule has 0 radical (unpaired) electrons. The fraction of sp³-hybridized carbons (Fsp3) is 0.417. The summed E-state index contributed by atoms with van der Waals surface area (Å²) in [4.78, 5) is 15.3. The largest absolute Gasteiger partial charge is 0.478 e. The number of pyridine rings is 1. The first kappa shape index (κ1) is 14.2. The lowest BCUT2D eigenvalue weighted by atomic mass is 10.1. The van der Waals surface area contributed by atoms with E-state index >= 15 is 0 Å². The molecule has 0 aliphatic carbocycles. The number of carbonyl (C=O) groups is 1. The monoisotopic (exact) mass is 280 g/mol. The Morgan fingerprint density at radius 1 is 1.55 bits per heavy atom. The maximum atomic E-state index is 11.2. The summed E-state index contributed by atoms with van der Waals surface area (Å²) in [6.45, 7) is 0.332. The number of hydrogen-bond acceptors (Lipinski definition) is 6. The topological polar surface area (TPSA) is 110 Å². The molecule has 2 aromatic heterocycles. The number of aromatic carboxylic acids is 1. The molecule has 0 bridgehead atoms. The summed E-state index contributed by atoms with van der Waals surface area (Å²) in [6.07, 6.45) is 2.08. The average Bonchev–Trinajstić information content (AvgIpc) is 2.78. The molecule has 3 N–H and O–H groups in total. The zero-order chi connectivity index (χ0) is 14.7. The zero-order valence-electron chi connectivity index (χ0n) is 11.2. The van der Waals surface area contributed by atoms with Crippen LogP contribution >= 0.6 is 0 Å². The highest BCUT2D eigenvalue weighted by Gasteiger charge is 2.17. The van der Waals surface area contributed by atoms with Crippen LogP contribution in [0.4, 0.5) is 5.69 Å². The van der Waals surface area contributed by atoms with Crippen molar-refractivity contribution in [3.05, 3.63) is 18.0 Å². The van der Waals surface area contributed by atoms with E-state index < -0.39 is 12.1 Å². The van der Waals surface area contributed by atoms with Gasteiger partial charge in [-0.2, -0.15) is 5.10 Å². The molecule has 108 valence electrons. The van der Waals surface area contributed by atoms with Gasteiger partial charge in [-0.15, -0.1) is 0 Å². The SMILES string of the molecule is COCC(O)CNc1c(C(=O)O)cnc2c1cnn2C. The Bertz CT molecular complexity index is 625.